The Balaban J connectivity index is 2.07. The largest absolute Gasteiger partial charge is 0.335 e. The van der Waals surface area contributed by atoms with E-state index in [0.717, 1.165) is 5.56 Å². The molecular weight excluding hydrogens is 292 g/mol. The molecule has 0 radical (unpaired) electrons. The van der Waals surface area contributed by atoms with Gasteiger partial charge in [-0.1, -0.05) is 42.5 Å². The van der Waals surface area contributed by atoms with Crippen molar-refractivity contribution in [2.45, 2.75) is 13.5 Å². The van der Waals surface area contributed by atoms with E-state index in [-0.39, 0.29) is 11.6 Å². The first-order chi connectivity index (χ1) is 11.1. The molecule has 0 fully saturated rings. The molecule has 0 aromatic heterocycles. The third kappa shape index (κ3) is 4.78. The summed E-state index contributed by atoms with van der Waals surface area (Å²) in [5.74, 6) is -0.122. The van der Waals surface area contributed by atoms with Gasteiger partial charge in [0, 0.05) is 31.3 Å². The number of benzene rings is 2. The van der Waals surface area contributed by atoms with Crippen LogP contribution in [0.3, 0.4) is 0 Å². The number of non-ortho nitro benzene ring substituents is 1. The number of carbonyl (C=O) groups is 1. The Labute approximate surface area is 135 Å². The number of nitro groups is 1. The topological polar surface area (TPSA) is 63.5 Å². The van der Waals surface area contributed by atoms with Gasteiger partial charge in [-0.25, -0.2) is 0 Å². The lowest BCUT2D eigenvalue weighted by molar-refractivity contribution is -0.384. The molecule has 2 aromatic rings. The molecule has 23 heavy (non-hydrogen) atoms. The van der Waals surface area contributed by atoms with E-state index in [1.807, 2.05) is 37.3 Å². The van der Waals surface area contributed by atoms with Crippen molar-refractivity contribution in [3.8, 4) is 0 Å². The van der Waals surface area contributed by atoms with E-state index in [4.69, 9.17) is 0 Å². The zero-order valence-electron chi connectivity index (χ0n) is 12.9. The summed E-state index contributed by atoms with van der Waals surface area (Å²) >= 11 is 0. The number of carbonyl (C=O) groups excluding carboxylic acids is 1. The van der Waals surface area contributed by atoms with E-state index in [1.165, 1.54) is 18.2 Å². The molecular formula is C18H18N2O3. The van der Waals surface area contributed by atoms with Crippen molar-refractivity contribution in [1.82, 2.24) is 4.90 Å². The van der Waals surface area contributed by atoms with Gasteiger partial charge >= 0.3 is 0 Å². The zero-order valence-corrected chi connectivity index (χ0v) is 12.9. The van der Waals surface area contributed by atoms with Gasteiger partial charge in [0.2, 0.25) is 5.91 Å². The van der Waals surface area contributed by atoms with Gasteiger partial charge in [-0.3, -0.25) is 14.9 Å². The summed E-state index contributed by atoms with van der Waals surface area (Å²) in [5.41, 5.74) is 1.70. The second-order valence-electron chi connectivity index (χ2n) is 5.02. The molecule has 0 spiro atoms. The standard InChI is InChI=1S/C18H18N2O3/c1-2-19(14-16-7-4-3-5-8-16)18(21)12-11-15-9-6-10-17(13-15)20(22)23/h3-13H,2,14H2,1H3/b12-11+. The highest BCUT2D eigenvalue weighted by atomic mass is 16.6. The molecule has 0 N–H and O–H groups in total. The van der Waals surface area contributed by atoms with Gasteiger partial charge < -0.3 is 4.90 Å². The van der Waals surface area contributed by atoms with E-state index in [2.05, 4.69) is 0 Å². The van der Waals surface area contributed by atoms with Crippen LogP contribution in [0.1, 0.15) is 18.1 Å². The fourth-order valence-electron chi connectivity index (χ4n) is 2.16. The van der Waals surface area contributed by atoms with Crippen LogP contribution in [-0.4, -0.2) is 22.3 Å². The molecule has 0 aliphatic heterocycles. The Bertz CT molecular complexity index is 711. The second kappa shape index (κ2) is 7.89. The van der Waals surface area contributed by atoms with Crippen LogP contribution >= 0.6 is 0 Å². The number of hydrogen-bond donors (Lipinski definition) is 0. The number of nitro benzene ring substituents is 1. The Morgan fingerprint density at radius 1 is 1.17 bits per heavy atom. The SMILES string of the molecule is CCN(Cc1ccccc1)C(=O)/C=C/c1cccc([N+](=O)[O-])c1. The molecule has 0 bridgehead atoms. The minimum absolute atomic E-state index is 0.0104. The predicted molar refractivity (Wildman–Crippen MR) is 89.7 cm³/mol. The smallest absolute Gasteiger partial charge is 0.270 e. The van der Waals surface area contributed by atoms with Gasteiger partial charge in [-0.2, -0.15) is 0 Å². The first-order valence-electron chi connectivity index (χ1n) is 7.35. The van der Waals surface area contributed by atoms with E-state index in [9.17, 15) is 14.9 Å². The maximum absolute atomic E-state index is 12.3. The van der Waals surface area contributed by atoms with Gasteiger partial charge in [0.1, 0.15) is 0 Å². The number of likely N-dealkylation sites (N-methyl/N-ethyl adjacent to an activating group) is 1. The van der Waals surface area contributed by atoms with E-state index in [0.29, 0.717) is 18.7 Å². The molecule has 0 unspecified atom stereocenters. The summed E-state index contributed by atoms with van der Waals surface area (Å²) in [6.07, 6.45) is 3.05. The van der Waals surface area contributed by atoms with Crippen LogP contribution in [0.5, 0.6) is 0 Å². The molecule has 0 aliphatic carbocycles. The monoisotopic (exact) mass is 310 g/mol. The Hall–Kier alpha value is -2.95. The van der Waals surface area contributed by atoms with Crippen molar-refractivity contribution >= 4 is 17.7 Å². The quantitative estimate of drug-likeness (QED) is 0.465. The van der Waals surface area contributed by atoms with Gasteiger partial charge in [-0.15, -0.1) is 0 Å². The molecule has 0 saturated heterocycles. The maximum atomic E-state index is 12.3. The highest BCUT2D eigenvalue weighted by Crippen LogP contribution is 2.14. The zero-order chi connectivity index (χ0) is 16.7. The van der Waals surface area contributed by atoms with E-state index in [1.54, 1.807) is 23.1 Å². The van der Waals surface area contributed by atoms with Crippen LogP contribution in [0.4, 0.5) is 5.69 Å². The first-order valence-corrected chi connectivity index (χ1v) is 7.35. The minimum Gasteiger partial charge on any atom is -0.335 e. The Morgan fingerprint density at radius 2 is 1.91 bits per heavy atom. The molecule has 0 saturated carbocycles. The third-order valence-corrected chi connectivity index (χ3v) is 3.41. The molecule has 2 aromatic carbocycles. The average Bonchev–Trinajstić information content (AvgIpc) is 2.58. The number of hydrogen-bond acceptors (Lipinski definition) is 3. The van der Waals surface area contributed by atoms with Crippen molar-refractivity contribution in [2.24, 2.45) is 0 Å². The van der Waals surface area contributed by atoms with Crippen molar-refractivity contribution in [3.05, 3.63) is 81.9 Å². The molecule has 5 heteroatoms. The van der Waals surface area contributed by atoms with Crippen LogP contribution in [0.25, 0.3) is 6.08 Å². The lowest BCUT2D eigenvalue weighted by atomic mass is 10.2. The summed E-state index contributed by atoms with van der Waals surface area (Å²) in [4.78, 5) is 24.3. The van der Waals surface area contributed by atoms with Gasteiger partial charge in [0.25, 0.3) is 5.69 Å². The van der Waals surface area contributed by atoms with Crippen LogP contribution in [-0.2, 0) is 11.3 Å². The predicted octanol–water partition coefficient (Wildman–Crippen LogP) is 3.66. The van der Waals surface area contributed by atoms with E-state index >= 15 is 0 Å². The summed E-state index contributed by atoms with van der Waals surface area (Å²) in [7, 11) is 0. The molecule has 0 heterocycles. The Kier molecular flexibility index (Phi) is 5.63. The molecule has 2 rings (SSSR count). The van der Waals surface area contributed by atoms with Crippen molar-refractivity contribution < 1.29 is 9.72 Å². The summed E-state index contributed by atoms with van der Waals surface area (Å²) < 4.78 is 0. The summed E-state index contributed by atoms with van der Waals surface area (Å²) in [5, 5.41) is 10.8. The van der Waals surface area contributed by atoms with Crippen LogP contribution in [0.2, 0.25) is 0 Å². The average molecular weight is 310 g/mol. The maximum Gasteiger partial charge on any atom is 0.270 e. The first kappa shape index (κ1) is 16.4. The second-order valence-corrected chi connectivity index (χ2v) is 5.02. The summed E-state index contributed by atoms with van der Waals surface area (Å²) in [6, 6.07) is 15.9. The van der Waals surface area contributed by atoms with Crippen LogP contribution in [0, 0.1) is 10.1 Å². The molecule has 1 amide bonds. The normalized spacial score (nSPS) is 10.7. The number of rotatable bonds is 6. The van der Waals surface area contributed by atoms with Crippen LogP contribution in [0.15, 0.2) is 60.7 Å². The lowest BCUT2D eigenvalue weighted by Crippen LogP contribution is -2.28. The number of nitrogens with zero attached hydrogens (tertiary/aromatic N) is 2. The highest BCUT2D eigenvalue weighted by Gasteiger charge is 2.09. The summed E-state index contributed by atoms with van der Waals surface area (Å²) in [6.45, 7) is 3.05. The highest BCUT2D eigenvalue weighted by molar-refractivity contribution is 5.91. The third-order valence-electron chi connectivity index (χ3n) is 3.41. The number of amides is 1. The van der Waals surface area contributed by atoms with Crippen molar-refractivity contribution in [3.63, 3.8) is 0 Å². The van der Waals surface area contributed by atoms with E-state index < -0.39 is 4.92 Å². The molecule has 0 atom stereocenters. The van der Waals surface area contributed by atoms with Gasteiger partial charge in [0.05, 0.1) is 4.92 Å². The van der Waals surface area contributed by atoms with Crippen LogP contribution < -0.4 is 0 Å². The Morgan fingerprint density at radius 3 is 2.57 bits per heavy atom. The molecule has 0 aliphatic rings. The minimum atomic E-state index is -0.451. The fourth-order valence-corrected chi connectivity index (χ4v) is 2.16. The van der Waals surface area contributed by atoms with Crippen molar-refractivity contribution in [2.75, 3.05) is 6.54 Å². The van der Waals surface area contributed by atoms with Gasteiger partial charge in [0.15, 0.2) is 0 Å². The van der Waals surface area contributed by atoms with Gasteiger partial charge in [-0.05, 0) is 24.1 Å². The molecule has 5 nitrogen and oxygen atoms in total. The lowest BCUT2D eigenvalue weighted by Gasteiger charge is -2.19. The fraction of sp³-hybridized carbons (Fsp3) is 0.167. The van der Waals surface area contributed by atoms with Crippen molar-refractivity contribution in [1.29, 1.82) is 0 Å². The molecule has 118 valence electrons.